The van der Waals surface area contributed by atoms with Gasteiger partial charge in [0, 0.05) is 6.07 Å². The summed E-state index contributed by atoms with van der Waals surface area (Å²) in [6, 6.07) is 10.4. The molecule has 0 unspecified atom stereocenters. The molecule has 0 radical (unpaired) electrons. The standard InChI is InChI=1S/C16H11ClF2O/c17-9-1-2-13-5-8-15(10-16(13)19)20-11-12-3-6-14(18)7-4-12/h3-8,10H,9,11H2. The fourth-order valence-electron chi connectivity index (χ4n) is 1.56. The zero-order chi connectivity index (χ0) is 14.4. The van der Waals surface area contributed by atoms with E-state index in [-0.39, 0.29) is 23.9 Å². The van der Waals surface area contributed by atoms with Crippen LogP contribution in [0.1, 0.15) is 11.1 Å². The van der Waals surface area contributed by atoms with Gasteiger partial charge in [0.25, 0.3) is 0 Å². The average Bonchev–Trinajstić information content (AvgIpc) is 2.46. The second-order valence-electron chi connectivity index (χ2n) is 3.99. The SMILES string of the molecule is Fc1ccc(COc2ccc(C#CCCl)c(F)c2)cc1. The zero-order valence-corrected chi connectivity index (χ0v) is 11.3. The highest BCUT2D eigenvalue weighted by atomic mass is 35.5. The maximum absolute atomic E-state index is 13.7. The van der Waals surface area contributed by atoms with E-state index in [2.05, 4.69) is 11.8 Å². The third-order valence-corrected chi connectivity index (χ3v) is 2.68. The van der Waals surface area contributed by atoms with Gasteiger partial charge in [0.2, 0.25) is 0 Å². The van der Waals surface area contributed by atoms with Crippen LogP contribution in [0.5, 0.6) is 5.75 Å². The molecule has 2 aromatic carbocycles. The van der Waals surface area contributed by atoms with Gasteiger partial charge < -0.3 is 4.74 Å². The molecule has 0 aliphatic heterocycles. The highest BCUT2D eigenvalue weighted by Gasteiger charge is 2.03. The molecule has 102 valence electrons. The van der Waals surface area contributed by atoms with E-state index in [4.69, 9.17) is 16.3 Å². The maximum Gasteiger partial charge on any atom is 0.142 e. The molecule has 0 N–H and O–H groups in total. The Morgan fingerprint density at radius 2 is 1.80 bits per heavy atom. The maximum atomic E-state index is 13.7. The number of rotatable bonds is 3. The largest absolute Gasteiger partial charge is 0.489 e. The molecule has 2 rings (SSSR count). The van der Waals surface area contributed by atoms with Crippen LogP contribution in [0.2, 0.25) is 0 Å². The van der Waals surface area contributed by atoms with Crippen LogP contribution in [0.4, 0.5) is 8.78 Å². The third kappa shape index (κ3) is 3.97. The lowest BCUT2D eigenvalue weighted by Gasteiger charge is -2.07. The number of halogens is 3. The number of hydrogen-bond donors (Lipinski definition) is 0. The number of alkyl halides is 1. The molecule has 0 saturated carbocycles. The molecule has 0 aliphatic carbocycles. The Labute approximate surface area is 121 Å². The Hall–Kier alpha value is -2.05. The van der Waals surface area contributed by atoms with Crippen LogP contribution in [-0.2, 0) is 6.61 Å². The van der Waals surface area contributed by atoms with Crippen molar-refractivity contribution < 1.29 is 13.5 Å². The summed E-state index contributed by atoms with van der Waals surface area (Å²) < 4.78 is 31.8. The predicted molar refractivity (Wildman–Crippen MR) is 74.7 cm³/mol. The summed E-state index contributed by atoms with van der Waals surface area (Å²) in [5.74, 6) is 4.99. The molecule has 0 spiro atoms. The van der Waals surface area contributed by atoms with Crippen molar-refractivity contribution in [2.24, 2.45) is 0 Å². The minimum absolute atomic E-state index is 0.155. The van der Waals surface area contributed by atoms with Crippen molar-refractivity contribution in [2.75, 3.05) is 5.88 Å². The smallest absolute Gasteiger partial charge is 0.142 e. The Morgan fingerprint density at radius 3 is 2.45 bits per heavy atom. The van der Waals surface area contributed by atoms with Crippen LogP contribution in [0.3, 0.4) is 0 Å². The van der Waals surface area contributed by atoms with Crippen molar-refractivity contribution >= 4 is 11.6 Å². The monoisotopic (exact) mass is 292 g/mol. The summed E-state index contributed by atoms with van der Waals surface area (Å²) in [7, 11) is 0. The van der Waals surface area contributed by atoms with Gasteiger partial charge in [0.05, 0.1) is 11.4 Å². The van der Waals surface area contributed by atoms with Gasteiger partial charge in [0.1, 0.15) is 24.0 Å². The van der Waals surface area contributed by atoms with Crippen molar-refractivity contribution in [3.05, 3.63) is 65.2 Å². The molecule has 0 bridgehead atoms. The summed E-state index contributed by atoms with van der Waals surface area (Å²) in [6.45, 7) is 0.242. The third-order valence-electron chi connectivity index (χ3n) is 2.55. The molecular formula is C16H11ClF2O. The number of benzene rings is 2. The topological polar surface area (TPSA) is 9.23 Å². The van der Waals surface area contributed by atoms with Crippen molar-refractivity contribution in [1.82, 2.24) is 0 Å². The van der Waals surface area contributed by atoms with E-state index in [1.807, 2.05) is 0 Å². The summed E-state index contributed by atoms with van der Waals surface area (Å²) >= 11 is 5.42. The van der Waals surface area contributed by atoms with Gasteiger partial charge in [-0.15, -0.1) is 11.6 Å². The molecule has 0 fully saturated rings. The molecule has 0 aliphatic rings. The first-order valence-corrected chi connectivity index (χ1v) is 6.44. The summed E-state index contributed by atoms with van der Waals surface area (Å²) in [4.78, 5) is 0. The molecule has 0 saturated heterocycles. The second kappa shape index (κ2) is 6.93. The minimum Gasteiger partial charge on any atom is -0.489 e. The van der Waals surface area contributed by atoms with E-state index >= 15 is 0 Å². The quantitative estimate of drug-likeness (QED) is 0.610. The lowest BCUT2D eigenvalue weighted by atomic mass is 10.2. The average molecular weight is 293 g/mol. The molecule has 4 heteroatoms. The Morgan fingerprint density at radius 1 is 1.05 bits per heavy atom. The first-order chi connectivity index (χ1) is 9.69. The predicted octanol–water partition coefficient (Wildman–Crippen LogP) is 4.13. The van der Waals surface area contributed by atoms with Crippen LogP contribution in [0.25, 0.3) is 0 Å². The fraction of sp³-hybridized carbons (Fsp3) is 0.125. The van der Waals surface area contributed by atoms with E-state index in [0.29, 0.717) is 5.75 Å². The van der Waals surface area contributed by atoms with Gasteiger partial charge in [0.15, 0.2) is 0 Å². The Balaban J connectivity index is 2.03. The summed E-state index contributed by atoms with van der Waals surface area (Å²) in [5.41, 5.74) is 1.08. The molecular weight excluding hydrogens is 282 g/mol. The highest BCUT2D eigenvalue weighted by Crippen LogP contribution is 2.17. The van der Waals surface area contributed by atoms with Crippen molar-refractivity contribution in [2.45, 2.75) is 6.61 Å². The van der Waals surface area contributed by atoms with E-state index in [1.165, 1.54) is 24.3 Å². The molecule has 1 nitrogen and oxygen atoms in total. The first-order valence-electron chi connectivity index (χ1n) is 5.90. The molecule has 0 heterocycles. The lowest BCUT2D eigenvalue weighted by Crippen LogP contribution is -1.96. The molecule has 0 amide bonds. The van der Waals surface area contributed by atoms with Crippen LogP contribution in [0.15, 0.2) is 42.5 Å². The fourth-order valence-corrected chi connectivity index (χ4v) is 1.63. The van der Waals surface area contributed by atoms with Crippen molar-refractivity contribution in [3.63, 3.8) is 0 Å². The molecule has 2 aromatic rings. The van der Waals surface area contributed by atoms with Gasteiger partial charge in [-0.1, -0.05) is 24.0 Å². The minimum atomic E-state index is -0.459. The van der Waals surface area contributed by atoms with Crippen molar-refractivity contribution in [1.29, 1.82) is 0 Å². The molecule has 0 aromatic heterocycles. The lowest BCUT2D eigenvalue weighted by molar-refractivity contribution is 0.304. The number of ether oxygens (including phenoxy) is 1. The van der Waals surface area contributed by atoms with Gasteiger partial charge in [-0.2, -0.15) is 0 Å². The highest BCUT2D eigenvalue weighted by molar-refractivity contribution is 6.19. The Kier molecular flexibility index (Phi) is 4.97. The van der Waals surface area contributed by atoms with Gasteiger partial charge >= 0.3 is 0 Å². The normalized spacial score (nSPS) is 9.75. The number of hydrogen-bond acceptors (Lipinski definition) is 1. The molecule has 0 atom stereocenters. The van der Waals surface area contributed by atoms with Crippen LogP contribution in [-0.4, -0.2) is 5.88 Å². The zero-order valence-electron chi connectivity index (χ0n) is 10.5. The van der Waals surface area contributed by atoms with E-state index in [9.17, 15) is 8.78 Å². The van der Waals surface area contributed by atoms with Crippen LogP contribution < -0.4 is 4.74 Å². The van der Waals surface area contributed by atoms with Crippen molar-refractivity contribution in [3.8, 4) is 17.6 Å². The van der Waals surface area contributed by atoms with E-state index in [0.717, 1.165) is 5.56 Å². The summed E-state index contributed by atoms with van der Waals surface area (Å²) in [6.07, 6.45) is 0. The molecule has 20 heavy (non-hydrogen) atoms. The van der Waals surface area contributed by atoms with Crippen LogP contribution in [0, 0.1) is 23.5 Å². The Bertz CT molecular complexity index is 642. The first kappa shape index (κ1) is 14.4. The van der Waals surface area contributed by atoms with E-state index in [1.54, 1.807) is 18.2 Å². The van der Waals surface area contributed by atoms with Crippen LogP contribution >= 0.6 is 11.6 Å². The second-order valence-corrected chi connectivity index (χ2v) is 4.26. The summed E-state index contributed by atoms with van der Waals surface area (Å²) in [5, 5.41) is 0. The van der Waals surface area contributed by atoms with Gasteiger partial charge in [-0.25, -0.2) is 8.78 Å². The van der Waals surface area contributed by atoms with E-state index < -0.39 is 5.82 Å². The van der Waals surface area contributed by atoms with Gasteiger partial charge in [-0.3, -0.25) is 0 Å². The van der Waals surface area contributed by atoms with Gasteiger partial charge in [-0.05, 0) is 29.8 Å².